The molecule has 2 unspecified atom stereocenters. The number of rotatable bonds is 2. The Bertz CT molecular complexity index is 808. The summed E-state index contributed by atoms with van der Waals surface area (Å²) < 4.78 is 11.0. The first-order valence-electron chi connectivity index (χ1n) is 8.73. The minimum absolute atomic E-state index is 0.135. The lowest BCUT2D eigenvalue weighted by Crippen LogP contribution is -2.50. The van der Waals surface area contributed by atoms with Gasteiger partial charge in [0.25, 0.3) is 5.56 Å². The van der Waals surface area contributed by atoms with Crippen LogP contribution in [0.15, 0.2) is 17.1 Å². The number of pyridine rings is 1. The number of ether oxygens (including phenoxy) is 2. The van der Waals surface area contributed by atoms with Crippen LogP contribution in [0.3, 0.4) is 0 Å². The molecule has 134 valence electrons. The van der Waals surface area contributed by atoms with Crippen LogP contribution in [0.25, 0.3) is 10.9 Å². The van der Waals surface area contributed by atoms with E-state index >= 15 is 0 Å². The van der Waals surface area contributed by atoms with Crippen molar-refractivity contribution >= 4 is 22.7 Å². The molecule has 0 spiro atoms. The zero-order valence-electron chi connectivity index (χ0n) is 14.6. The molecule has 0 aromatic carbocycles. The minimum Gasteiger partial charge on any atom is -0.378 e. The van der Waals surface area contributed by atoms with E-state index < -0.39 is 0 Å². The average molecular weight is 345 g/mol. The van der Waals surface area contributed by atoms with Gasteiger partial charge in [-0.15, -0.1) is 0 Å². The maximum absolute atomic E-state index is 12.6. The summed E-state index contributed by atoms with van der Waals surface area (Å²) in [7, 11) is 0. The molecule has 0 radical (unpaired) electrons. The highest BCUT2D eigenvalue weighted by molar-refractivity contribution is 5.88. The van der Waals surface area contributed by atoms with E-state index in [4.69, 9.17) is 14.5 Å². The Morgan fingerprint density at radius 3 is 2.60 bits per heavy atom. The van der Waals surface area contributed by atoms with Crippen LogP contribution >= 0.6 is 0 Å². The Morgan fingerprint density at radius 2 is 1.88 bits per heavy atom. The Balaban J connectivity index is 1.84. The van der Waals surface area contributed by atoms with Gasteiger partial charge < -0.3 is 19.3 Å². The number of nitrogens with one attached hydrogen (secondary N) is 1. The van der Waals surface area contributed by atoms with E-state index in [1.807, 2.05) is 4.90 Å². The number of aromatic nitrogens is 3. The number of hydrogen-bond acceptors (Lipinski definition) is 7. The zero-order valence-corrected chi connectivity index (χ0v) is 14.6. The summed E-state index contributed by atoms with van der Waals surface area (Å²) in [6.45, 7) is 8.20. The van der Waals surface area contributed by atoms with Gasteiger partial charge in [0.1, 0.15) is 5.52 Å². The predicted molar refractivity (Wildman–Crippen MR) is 95.4 cm³/mol. The Labute approximate surface area is 145 Å². The minimum atomic E-state index is -0.135. The molecule has 8 nitrogen and oxygen atoms in total. The number of H-pyrrole nitrogens is 1. The Kier molecular flexibility index (Phi) is 4.30. The van der Waals surface area contributed by atoms with Crippen molar-refractivity contribution in [2.45, 2.75) is 25.9 Å². The molecular weight excluding hydrogens is 322 g/mol. The van der Waals surface area contributed by atoms with Crippen LogP contribution in [0.2, 0.25) is 0 Å². The van der Waals surface area contributed by atoms with Crippen molar-refractivity contribution in [1.29, 1.82) is 0 Å². The fourth-order valence-electron chi connectivity index (χ4n) is 3.57. The van der Waals surface area contributed by atoms with Crippen molar-refractivity contribution in [2.75, 3.05) is 49.3 Å². The van der Waals surface area contributed by atoms with E-state index in [0.29, 0.717) is 56.4 Å². The molecule has 2 aromatic heterocycles. The number of fused-ring (bicyclic) bond motifs is 1. The van der Waals surface area contributed by atoms with Gasteiger partial charge in [-0.2, -0.15) is 0 Å². The number of nitrogens with zero attached hydrogens (tertiary/aromatic N) is 4. The summed E-state index contributed by atoms with van der Waals surface area (Å²) in [5.74, 6) is 1.34. The summed E-state index contributed by atoms with van der Waals surface area (Å²) in [4.78, 5) is 29.1. The molecule has 1 N–H and O–H groups in total. The molecule has 2 fully saturated rings. The van der Waals surface area contributed by atoms with Crippen molar-refractivity contribution in [1.82, 2.24) is 15.0 Å². The van der Waals surface area contributed by atoms with Crippen molar-refractivity contribution in [3.05, 3.63) is 22.6 Å². The second-order valence-corrected chi connectivity index (χ2v) is 6.66. The molecule has 25 heavy (non-hydrogen) atoms. The zero-order chi connectivity index (χ0) is 17.4. The Hall–Kier alpha value is -2.19. The molecule has 0 saturated carbocycles. The highest BCUT2D eigenvalue weighted by atomic mass is 16.5. The van der Waals surface area contributed by atoms with Crippen molar-refractivity contribution in [3.63, 3.8) is 0 Å². The topological polar surface area (TPSA) is 83.6 Å². The van der Waals surface area contributed by atoms with E-state index in [0.717, 1.165) is 5.82 Å². The van der Waals surface area contributed by atoms with E-state index in [2.05, 4.69) is 28.7 Å². The van der Waals surface area contributed by atoms with Crippen LogP contribution in [0.1, 0.15) is 13.8 Å². The third kappa shape index (κ3) is 2.96. The molecule has 2 saturated heterocycles. The van der Waals surface area contributed by atoms with E-state index in [1.165, 1.54) is 0 Å². The van der Waals surface area contributed by atoms with E-state index in [1.54, 1.807) is 12.3 Å². The molecule has 0 aliphatic carbocycles. The fourth-order valence-corrected chi connectivity index (χ4v) is 3.57. The second-order valence-electron chi connectivity index (χ2n) is 6.66. The standard InChI is InChI=1S/C17H23N5O3/c1-11-9-25-10-12(2)22(11)15-14-13(3-4-18-15)16(23)20-17(19-14)21-5-7-24-8-6-21/h3-4,11-12H,5-10H2,1-2H3,(H,19,20,23). The average Bonchev–Trinajstić information content (AvgIpc) is 2.62. The van der Waals surface area contributed by atoms with Gasteiger partial charge in [-0.05, 0) is 19.9 Å². The van der Waals surface area contributed by atoms with Crippen LogP contribution in [0, 0.1) is 0 Å². The third-order valence-corrected chi connectivity index (χ3v) is 4.82. The maximum Gasteiger partial charge on any atom is 0.260 e. The lowest BCUT2D eigenvalue weighted by Gasteiger charge is -2.39. The van der Waals surface area contributed by atoms with Gasteiger partial charge in [0.15, 0.2) is 5.82 Å². The normalized spacial score (nSPS) is 24.7. The van der Waals surface area contributed by atoms with Crippen molar-refractivity contribution in [3.8, 4) is 0 Å². The highest BCUT2D eigenvalue weighted by Crippen LogP contribution is 2.27. The second kappa shape index (κ2) is 6.61. The molecular formula is C17H23N5O3. The summed E-state index contributed by atoms with van der Waals surface area (Å²) in [6.07, 6.45) is 1.68. The third-order valence-electron chi connectivity index (χ3n) is 4.82. The fraction of sp³-hybridized carbons (Fsp3) is 0.588. The lowest BCUT2D eigenvalue weighted by atomic mass is 10.1. The number of anilines is 2. The van der Waals surface area contributed by atoms with Crippen molar-refractivity contribution < 1.29 is 9.47 Å². The van der Waals surface area contributed by atoms with E-state index in [9.17, 15) is 4.79 Å². The predicted octanol–water partition coefficient (Wildman–Crippen LogP) is 0.768. The van der Waals surface area contributed by atoms with Crippen LogP contribution in [0.5, 0.6) is 0 Å². The van der Waals surface area contributed by atoms with Gasteiger partial charge in [0.2, 0.25) is 5.95 Å². The van der Waals surface area contributed by atoms with Crippen LogP contribution in [-0.2, 0) is 9.47 Å². The quantitative estimate of drug-likeness (QED) is 0.860. The number of morpholine rings is 2. The molecule has 0 bridgehead atoms. The largest absolute Gasteiger partial charge is 0.378 e. The van der Waals surface area contributed by atoms with Gasteiger partial charge >= 0.3 is 0 Å². The first-order chi connectivity index (χ1) is 12.1. The molecule has 4 rings (SSSR count). The molecule has 2 aromatic rings. The molecule has 2 atom stereocenters. The lowest BCUT2D eigenvalue weighted by molar-refractivity contribution is 0.0753. The van der Waals surface area contributed by atoms with E-state index in [-0.39, 0.29) is 17.6 Å². The molecule has 4 heterocycles. The molecule has 2 aliphatic heterocycles. The van der Waals surface area contributed by atoms with Gasteiger partial charge in [0.05, 0.1) is 43.9 Å². The number of hydrogen-bond donors (Lipinski definition) is 1. The monoisotopic (exact) mass is 345 g/mol. The molecule has 2 aliphatic rings. The Morgan fingerprint density at radius 1 is 1.16 bits per heavy atom. The summed E-state index contributed by atoms with van der Waals surface area (Å²) in [5, 5.41) is 0.563. The van der Waals surface area contributed by atoms with Gasteiger partial charge in [0, 0.05) is 19.3 Å². The van der Waals surface area contributed by atoms with Crippen LogP contribution < -0.4 is 15.4 Å². The number of aromatic amines is 1. The van der Waals surface area contributed by atoms with Gasteiger partial charge in [-0.1, -0.05) is 0 Å². The summed E-state index contributed by atoms with van der Waals surface area (Å²) >= 11 is 0. The van der Waals surface area contributed by atoms with Crippen molar-refractivity contribution in [2.24, 2.45) is 0 Å². The maximum atomic E-state index is 12.6. The molecule has 0 amide bonds. The smallest absolute Gasteiger partial charge is 0.260 e. The highest BCUT2D eigenvalue weighted by Gasteiger charge is 2.29. The van der Waals surface area contributed by atoms with Gasteiger partial charge in [-0.3, -0.25) is 9.78 Å². The summed E-state index contributed by atoms with van der Waals surface area (Å²) in [6, 6.07) is 2.08. The van der Waals surface area contributed by atoms with Crippen LogP contribution in [-0.4, -0.2) is 66.6 Å². The van der Waals surface area contributed by atoms with Crippen LogP contribution in [0.4, 0.5) is 11.8 Å². The van der Waals surface area contributed by atoms with Gasteiger partial charge in [-0.25, -0.2) is 9.97 Å². The first kappa shape index (κ1) is 16.3. The molecule has 8 heteroatoms. The SMILES string of the molecule is CC1COCC(C)N1c1nccc2c(=O)[nH]c(N3CCOCC3)nc12. The first-order valence-corrected chi connectivity index (χ1v) is 8.73. The summed E-state index contributed by atoms with van der Waals surface area (Å²) in [5.41, 5.74) is 0.511.